The van der Waals surface area contributed by atoms with E-state index < -0.39 is 0 Å². The highest BCUT2D eigenvalue weighted by Gasteiger charge is 2.08. The van der Waals surface area contributed by atoms with Crippen LogP contribution < -0.4 is 10.6 Å². The molecule has 0 radical (unpaired) electrons. The van der Waals surface area contributed by atoms with Crippen LogP contribution >= 0.6 is 24.0 Å². The van der Waals surface area contributed by atoms with Gasteiger partial charge in [-0.05, 0) is 43.5 Å². The molecule has 0 atom stereocenters. The molecule has 0 aromatic heterocycles. The SMILES string of the molecule is CCNC(=NCc1cccc(C)c1)NCCc1cccc(C(=O)N(C)C)c1.I. The average molecular weight is 494 g/mol. The second-order valence-electron chi connectivity index (χ2n) is 6.76. The van der Waals surface area contributed by atoms with Crippen LogP contribution in [-0.4, -0.2) is 44.0 Å². The fourth-order valence-electron chi connectivity index (χ4n) is 2.77. The molecule has 0 heterocycles. The lowest BCUT2D eigenvalue weighted by atomic mass is 10.1. The van der Waals surface area contributed by atoms with Crippen LogP contribution in [0.2, 0.25) is 0 Å². The molecule has 0 saturated carbocycles. The Labute approximate surface area is 185 Å². The molecule has 0 aliphatic rings. The summed E-state index contributed by atoms with van der Waals surface area (Å²) in [4.78, 5) is 18.3. The van der Waals surface area contributed by atoms with Gasteiger partial charge in [0, 0.05) is 32.7 Å². The Kier molecular flexibility index (Phi) is 10.6. The molecule has 2 rings (SSSR count). The molecule has 5 nitrogen and oxygen atoms in total. The van der Waals surface area contributed by atoms with E-state index in [0.29, 0.717) is 6.54 Å². The molecule has 0 saturated heterocycles. The zero-order chi connectivity index (χ0) is 19.6. The minimum atomic E-state index is 0. The van der Waals surface area contributed by atoms with E-state index >= 15 is 0 Å². The Balaban J connectivity index is 0.00000392. The lowest BCUT2D eigenvalue weighted by Crippen LogP contribution is -2.38. The third-order valence-electron chi connectivity index (χ3n) is 4.13. The molecule has 2 aromatic carbocycles. The van der Waals surface area contributed by atoms with Gasteiger partial charge in [-0.1, -0.05) is 42.0 Å². The molecule has 0 bridgehead atoms. The van der Waals surface area contributed by atoms with Crippen molar-refractivity contribution in [2.75, 3.05) is 27.2 Å². The van der Waals surface area contributed by atoms with Gasteiger partial charge in [-0.3, -0.25) is 4.79 Å². The monoisotopic (exact) mass is 494 g/mol. The number of nitrogens with zero attached hydrogens (tertiary/aromatic N) is 2. The molecule has 0 aliphatic carbocycles. The molecule has 0 unspecified atom stereocenters. The van der Waals surface area contributed by atoms with Crippen LogP contribution in [-0.2, 0) is 13.0 Å². The molecule has 0 aliphatic heterocycles. The van der Waals surface area contributed by atoms with Gasteiger partial charge in [0.2, 0.25) is 0 Å². The van der Waals surface area contributed by atoms with Gasteiger partial charge in [0.1, 0.15) is 0 Å². The first kappa shape index (κ1) is 23.9. The normalized spacial score (nSPS) is 10.8. The summed E-state index contributed by atoms with van der Waals surface area (Å²) in [7, 11) is 3.54. The molecule has 2 aromatic rings. The highest BCUT2D eigenvalue weighted by atomic mass is 127. The number of aryl methyl sites for hydroxylation is 1. The van der Waals surface area contributed by atoms with Crippen molar-refractivity contribution in [1.29, 1.82) is 0 Å². The van der Waals surface area contributed by atoms with Crippen LogP contribution in [0.15, 0.2) is 53.5 Å². The number of carbonyl (C=O) groups is 1. The molecule has 0 spiro atoms. The number of hydrogen-bond donors (Lipinski definition) is 2. The average Bonchev–Trinajstić information content (AvgIpc) is 2.65. The lowest BCUT2D eigenvalue weighted by molar-refractivity contribution is 0.0827. The largest absolute Gasteiger partial charge is 0.357 e. The fraction of sp³-hybridized carbons (Fsp3) is 0.364. The van der Waals surface area contributed by atoms with Gasteiger partial charge < -0.3 is 15.5 Å². The molecular formula is C22H31IN4O. The van der Waals surface area contributed by atoms with Gasteiger partial charge in [0.05, 0.1) is 6.54 Å². The maximum atomic E-state index is 12.1. The fourth-order valence-corrected chi connectivity index (χ4v) is 2.77. The molecule has 6 heteroatoms. The van der Waals surface area contributed by atoms with Crippen molar-refractivity contribution in [3.8, 4) is 0 Å². The van der Waals surface area contributed by atoms with Crippen molar-refractivity contribution in [1.82, 2.24) is 15.5 Å². The first-order valence-corrected chi connectivity index (χ1v) is 9.38. The van der Waals surface area contributed by atoms with Crippen molar-refractivity contribution < 1.29 is 4.79 Å². The Morgan fingerprint density at radius 3 is 2.43 bits per heavy atom. The Morgan fingerprint density at radius 2 is 1.75 bits per heavy atom. The predicted molar refractivity (Wildman–Crippen MR) is 128 cm³/mol. The summed E-state index contributed by atoms with van der Waals surface area (Å²) in [6.45, 7) is 6.35. The van der Waals surface area contributed by atoms with E-state index in [2.05, 4.69) is 53.7 Å². The molecular weight excluding hydrogens is 463 g/mol. The van der Waals surface area contributed by atoms with Crippen LogP contribution in [0, 0.1) is 6.92 Å². The van der Waals surface area contributed by atoms with Gasteiger partial charge >= 0.3 is 0 Å². The highest BCUT2D eigenvalue weighted by molar-refractivity contribution is 14.0. The van der Waals surface area contributed by atoms with E-state index in [4.69, 9.17) is 0 Å². The van der Waals surface area contributed by atoms with Gasteiger partial charge in [-0.25, -0.2) is 4.99 Å². The third-order valence-corrected chi connectivity index (χ3v) is 4.13. The number of halogens is 1. The number of rotatable bonds is 7. The second-order valence-corrected chi connectivity index (χ2v) is 6.76. The van der Waals surface area contributed by atoms with Gasteiger partial charge in [0.15, 0.2) is 5.96 Å². The zero-order valence-electron chi connectivity index (χ0n) is 17.2. The molecule has 1 amide bonds. The van der Waals surface area contributed by atoms with E-state index in [9.17, 15) is 4.79 Å². The summed E-state index contributed by atoms with van der Waals surface area (Å²) in [5.74, 6) is 0.831. The summed E-state index contributed by atoms with van der Waals surface area (Å²) < 4.78 is 0. The first-order chi connectivity index (χ1) is 13.0. The van der Waals surface area contributed by atoms with Crippen molar-refractivity contribution in [3.63, 3.8) is 0 Å². The van der Waals surface area contributed by atoms with Crippen molar-refractivity contribution in [2.45, 2.75) is 26.8 Å². The summed E-state index contributed by atoms with van der Waals surface area (Å²) in [5.41, 5.74) is 4.29. The molecule has 152 valence electrons. The predicted octanol–water partition coefficient (Wildman–Crippen LogP) is 3.61. The zero-order valence-corrected chi connectivity index (χ0v) is 19.5. The minimum absolute atomic E-state index is 0. The number of benzene rings is 2. The van der Waals surface area contributed by atoms with E-state index in [0.717, 1.165) is 36.6 Å². The van der Waals surface area contributed by atoms with Crippen molar-refractivity contribution in [3.05, 3.63) is 70.8 Å². The third kappa shape index (κ3) is 7.88. The van der Waals surface area contributed by atoms with Crippen molar-refractivity contribution in [2.24, 2.45) is 4.99 Å². The number of hydrogen-bond acceptors (Lipinski definition) is 2. The standard InChI is InChI=1S/C22H30N4O.HI/c1-5-23-22(25-16-19-10-6-8-17(2)14-19)24-13-12-18-9-7-11-20(15-18)21(27)26(3)4;/h6-11,14-15H,5,12-13,16H2,1-4H3,(H2,23,24,25);1H. The van der Waals surface area contributed by atoms with Gasteiger partial charge in [-0.2, -0.15) is 0 Å². The maximum Gasteiger partial charge on any atom is 0.253 e. The Morgan fingerprint density at radius 1 is 1.04 bits per heavy atom. The maximum absolute atomic E-state index is 12.1. The summed E-state index contributed by atoms with van der Waals surface area (Å²) >= 11 is 0. The number of guanidine groups is 1. The number of nitrogens with one attached hydrogen (secondary N) is 2. The molecule has 0 fully saturated rings. The summed E-state index contributed by atoms with van der Waals surface area (Å²) in [6, 6.07) is 16.2. The van der Waals surface area contributed by atoms with E-state index in [1.54, 1.807) is 19.0 Å². The van der Waals surface area contributed by atoms with Crippen molar-refractivity contribution >= 4 is 35.8 Å². The highest BCUT2D eigenvalue weighted by Crippen LogP contribution is 2.08. The van der Waals surface area contributed by atoms with Crippen LogP contribution in [0.3, 0.4) is 0 Å². The number of aliphatic imine (C=N–C) groups is 1. The Bertz CT molecular complexity index is 790. The van der Waals surface area contributed by atoms with Crippen LogP contribution in [0.4, 0.5) is 0 Å². The number of carbonyl (C=O) groups excluding carboxylic acids is 1. The molecule has 28 heavy (non-hydrogen) atoms. The number of amides is 1. The van der Waals surface area contributed by atoms with E-state index in [-0.39, 0.29) is 29.9 Å². The Hall–Kier alpha value is -2.09. The van der Waals surface area contributed by atoms with E-state index in [1.807, 2.05) is 24.3 Å². The topological polar surface area (TPSA) is 56.7 Å². The van der Waals surface area contributed by atoms with E-state index in [1.165, 1.54) is 11.1 Å². The smallest absolute Gasteiger partial charge is 0.253 e. The van der Waals surface area contributed by atoms with Crippen LogP contribution in [0.25, 0.3) is 0 Å². The lowest BCUT2D eigenvalue weighted by Gasteiger charge is -2.13. The quantitative estimate of drug-likeness (QED) is 0.351. The second kappa shape index (κ2) is 12.4. The summed E-state index contributed by atoms with van der Waals surface area (Å²) in [6.07, 6.45) is 0.823. The van der Waals surface area contributed by atoms with Crippen LogP contribution in [0.1, 0.15) is 34.0 Å². The summed E-state index contributed by atoms with van der Waals surface area (Å²) in [5, 5.41) is 6.65. The van der Waals surface area contributed by atoms with Gasteiger partial charge in [-0.15, -0.1) is 24.0 Å². The molecule has 2 N–H and O–H groups in total. The minimum Gasteiger partial charge on any atom is -0.357 e. The van der Waals surface area contributed by atoms with Crippen LogP contribution in [0.5, 0.6) is 0 Å². The van der Waals surface area contributed by atoms with Gasteiger partial charge in [0.25, 0.3) is 5.91 Å². The first-order valence-electron chi connectivity index (χ1n) is 9.38.